The minimum absolute atomic E-state index is 0.0656. The van der Waals surface area contributed by atoms with Crippen LogP contribution < -0.4 is 16.0 Å². The molecule has 0 aliphatic heterocycles. The summed E-state index contributed by atoms with van der Waals surface area (Å²) < 4.78 is 43.9. The van der Waals surface area contributed by atoms with Crippen LogP contribution in [-0.4, -0.2) is 23.6 Å². The summed E-state index contributed by atoms with van der Waals surface area (Å²) in [7, 11) is 0. The number of amides is 2. The Hall–Kier alpha value is -3.79. The normalized spacial score (nSPS) is 10.9. The Morgan fingerprint density at radius 3 is 2.30 bits per heavy atom. The molecule has 2 aromatic carbocycles. The van der Waals surface area contributed by atoms with E-state index in [-0.39, 0.29) is 17.9 Å². The second-order valence-electron chi connectivity index (χ2n) is 6.59. The van der Waals surface area contributed by atoms with Crippen LogP contribution in [0.15, 0.2) is 60.8 Å². The van der Waals surface area contributed by atoms with Crippen LogP contribution in [0.3, 0.4) is 0 Å². The molecule has 0 unspecified atom stereocenters. The molecule has 172 valence electrons. The number of hydrogen-bond donors (Lipinski definition) is 3. The largest absolute Gasteiger partial charge is 0.462 e. The van der Waals surface area contributed by atoms with Gasteiger partial charge in [0.1, 0.15) is 11.4 Å². The van der Waals surface area contributed by atoms with Gasteiger partial charge in [-0.25, -0.2) is 14.6 Å². The number of halogens is 4. The van der Waals surface area contributed by atoms with Crippen molar-refractivity contribution in [2.75, 3.05) is 22.6 Å². The smallest absolute Gasteiger partial charge is 0.417 e. The number of nitrogens with one attached hydrogen (secondary N) is 3. The van der Waals surface area contributed by atoms with Crippen LogP contribution in [0.5, 0.6) is 0 Å². The van der Waals surface area contributed by atoms with Crippen LogP contribution in [0, 0.1) is 0 Å². The summed E-state index contributed by atoms with van der Waals surface area (Å²) in [5.74, 6) is -0.212. The van der Waals surface area contributed by atoms with Gasteiger partial charge in [-0.1, -0.05) is 11.6 Å². The van der Waals surface area contributed by atoms with E-state index in [0.717, 1.165) is 12.1 Å². The molecule has 0 fully saturated rings. The molecule has 0 radical (unpaired) electrons. The summed E-state index contributed by atoms with van der Waals surface area (Å²) in [4.78, 5) is 28.4. The number of carbonyl (C=O) groups excluding carboxylic acids is 2. The van der Waals surface area contributed by atoms with E-state index in [4.69, 9.17) is 16.3 Å². The predicted octanol–water partition coefficient (Wildman–Crippen LogP) is 6.32. The highest BCUT2D eigenvalue weighted by molar-refractivity contribution is 6.31. The van der Waals surface area contributed by atoms with Gasteiger partial charge in [-0.05, 0) is 61.5 Å². The van der Waals surface area contributed by atoms with Crippen molar-refractivity contribution in [3.8, 4) is 0 Å². The van der Waals surface area contributed by atoms with Gasteiger partial charge < -0.3 is 20.7 Å². The molecular formula is C22H18ClF3N4O3. The fourth-order valence-electron chi connectivity index (χ4n) is 2.77. The zero-order valence-electron chi connectivity index (χ0n) is 17.2. The molecule has 7 nitrogen and oxygen atoms in total. The van der Waals surface area contributed by atoms with E-state index >= 15 is 0 Å². The van der Waals surface area contributed by atoms with E-state index in [9.17, 15) is 22.8 Å². The molecule has 0 aliphatic rings. The lowest BCUT2D eigenvalue weighted by Crippen LogP contribution is -2.20. The number of carbonyl (C=O) groups is 2. The highest BCUT2D eigenvalue weighted by Gasteiger charge is 2.33. The molecule has 0 aliphatic carbocycles. The molecule has 11 heteroatoms. The number of anilines is 4. The number of aromatic nitrogens is 1. The van der Waals surface area contributed by atoms with Gasteiger partial charge >= 0.3 is 18.2 Å². The number of ether oxygens (including phenoxy) is 1. The Balaban J connectivity index is 1.65. The number of urea groups is 1. The molecule has 1 aromatic heterocycles. The fourth-order valence-corrected chi connectivity index (χ4v) is 2.99. The summed E-state index contributed by atoms with van der Waals surface area (Å²) in [5, 5.41) is 7.39. The third-order valence-electron chi connectivity index (χ3n) is 4.24. The van der Waals surface area contributed by atoms with Crippen LogP contribution >= 0.6 is 11.6 Å². The Morgan fingerprint density at radius 2 is 1.64 bits per heavy atom. The highest BCUT2D eigenvalue weighted by Crippen LogP contribution is 2.36. The second-order valence-corrected chi connectivity index (χ2v) is 7.00. The predicted molar refractivity (Wildman–Crippen MR) is 119 cm³/mol. The van der Waals surface area contributed by atoms with Gasteiger partial charge in [0, 0.05) is 23.3 Å². The lowest BCUT2D eigenvalue weighted by Gasteiger charge is -2.13. The molecule has 0 spiro atoms. The summed E-state index contributed by atoms with van der Waals surface area (Å²) >= 11 is 5.58. The number of pyridine rings is 1. The van der Waals surface area contributed by atoms with E-state index in [0.29, 0.717) is 17.2 Å². The molecule has 0 saturated carbocycles. The first-order valence-corrected chi connectivity index (χ1v) is 9.99. The van der Waals surface area contributed by atoms with E-state index in [1.54, 1.807) is 43.3 Å². The molecule has 0 saturated heterocycles. The number of hydrogen-bond acceptors (Lipinski definition) is 5. The third-order valence-corrected chi connectivity index (χ3v) is 4.57. The molecular weight excluding hydrogens is 461 g/mol. The first kappa shape index (κ1) is 23.9. The van der Waals surface area contributed by atoms with Crippen LogP contribution in [-0.2, 0) is 10.9 Å². The summed E-state index contributed by atoms with van der Waals surface area (Å²) in [6.45, 7) is 1.93. The molecule has 1 heterocycles. The molecule has 0 bridgehead atoms. The van der Waals surface area contributed by atoms with Gasteiger partial charge in [0.15, 0.2) is 0 Å². The Kier molecular flexibility index (Phi) is 7.39. The van der Waals surface area contributed by atoms with Crippen molar-refractivity contribution in [1.82, 2.24) is 4.98 Å². The Morgan fingerprint density at radius 1 is 1.00 bits per heavy atom. The van der Waals surface area contributed by atoms with Crippen molar-refractivity contribution in [3.63, 3.8) is 0 Å². The van der Waals surface area contributed by atoms with E-state index in [2.05, 4.69) is 20.9 Å². The summed E-state index contributed by atoms with van der Waals surface area (Å²) in [5.41, 5.74) is 0.118. The molecule has 3 N–H and O–H groups in total. The van der Waals surface area contributed by atoms with Crippen LogP contribution in [0.25, 0.3) is 0 Å². The van der Waals surface area contributed by atoms with Crippen molar-refractivity contribution in [2.45, 2.75) is 13.1 Å². The van der Waals surface area contributed by atoms with Gasteiger partial charge in [-0.3, -0.25) is 0 Å². The highest BCUT2D eigenvalue weighted by atomic mass is 35.5. The summed E-state index contributed by atoms with van der Waals surface area (Å²) in [6.07, 6.45) is -3.12. The number of benzene rings is 2. The Labute approximate surface area is 191 Å². The van der Waals surface area contributed by atoms with Crippen molar-refractivity contribution in [3.05, 3.63) is 76.9 Å². The topological polar surface area (TPSA) is 92.3 Å². The maximum absolute atomic E-state index is 13.0. The average molecular weight is 479 g/mol. The third kappa shape index (κ3) is 6.36. The maximum atomic E-state index is 13.0. The number of esters is 1. The lowest BCUT2D eigenvalue weighted by atomic mass is 10.2. The van der Waals surface area contributed by atoms with Crippen LogP contribution in [0.4, 0.5) is 40.8 Å². The van der Waals surface area contributed by atoms with Gasteiger partial charge in [-0.15, -0.1) is 0 Å². The van der Waals surface area contributed by atoms with E-state index in [1.165, 1.54) is 12.3 Å². The fraction of sp³-hybridized carbons (Fsp3) is 0.136. The van der Waals surface area contributed by atoms with Crippen molar-refractivity contribution in [2.24, 2.45) is 0 Å². The number of alkyl halides is 3. The van der Waals surface area contributed by atoms with Crippen LogP contribution in [0.1, 0.15) is 22.8 Å². The maximum Gasteiger partial charge on any atom is 0.417 e. The molecule has 3 rings (SSSR count). The van der Waals surface area contributed by atoms with E-state index < -0.39 is 28.8 Å². The monoisotopic (exact) mass is 478 g/mol. The van der Waals surface area contributed by atoms with Gasteiger partial charge in [0.05, 0.1) is 17.2 Å². The SMILES string of the molecule is CCOC(=O)c1cccnc1Nc1ccc(NC(=O)Nc2ccc(Cl)c(C(F)(F)F)c2)cc1. The van der Waals surface area contributed by atoms with Gasteiger partial charge in [0.25, 0.3) is 0 Å². The van der Waals surface area contributed by atoms with Crippen molar-refractivity contribution < 1.29 is 27.5 Å². The minimum Gasteiger partial charge on any atom is -0.462 e. The van der Waals surface area contributed by atoms with Gasteiger partial charge in [0.2, 0.25) is 0 Å². The summed E-state index contributed by atoms with van der Waals surface area (Å²) in [6, 6.07) is 11.9. The van der Waals surface area contributed by atoms with Crippen molar-refractivity contribution >= 4 is 46.5 Å². The van der Waals surface area contributed by atoms with Crippen molar-refractivity contribution in [1.29, 1.82) is 0 Å². The second kappa shape index (κ2) is 10.2. The van der Waals surface area contributed by atoms with E-state index in [1.807, 2.05) is 0 Å². The average Bonchev–Trinajstić information content (AvgIpc) is 2.76. The first-order valence-electron chi connectivity index (χ1n) is 9.61. The first-order chi connectivity index (χ1) is 15.7. The zero-order valence-corrected chi connectivity index (χ0v) is 17.9. The molecule has 3 aromatic rings. The molecule has 2 amide bonds. The minimum atomic E-state index is -4.64. The quantitative estimate of drug-likeness (QED) is 0.361. The van der Waals surface area contributed by atoms with Gasteiger partial charge in [-0.2, -0.15) is 13.2 Å². The molecule has 33 heavy (non-hydrogen) atoms. The number of rotatable bonds is 6. The Bertz CT molecular complexity index is 1150. The zero-order chi connectivity index (χ0) is 24.0. The van der Waals surface area contributed by atoms with Crippen LogP contribution in [0.2, 0.25) is 5.02 Å². The standard InChI is InChI=1S/C22H18ClF3N4O3/c1-2-33-20(31)16-4-3-11-27-19(16)28-13-5-7-14(8-6-13)29-21(32)30-15-9-10-18(23)17(12-15)22(24,25)26/h3-12H,2H2,1H3,(H,27,28)(H2,29,30,32). The molecule has 0 atom stereocenters. The number of nitrogens with zero attached hydrogens (tertiary/aromatic N) is 1. The lowest BCUT2D eigenvalue weighted by molar-refractivity contribution is -0.137.